The van der Waals surface area contributed by atoms with Gasteiger partial charge in [-0.2, -0.15) is 0 Å². The van der Waals surface area contributed by atoms with Gasteiger partial charge >= 0.3 is 0 Å². The van der Waals surface area contributed by atoms with Crippen LogP contribution in [-0.4, -0.2) is 44.3 Å². The Balaban J connectivity index is 1.47. The Hall–Kier alpha value is -2.73. The van der Waals surface area contributed by atoms with Crippen molar-refractivity contribution in [3.8, 4) is 17.2 Å². The molecular weight excluding hydrogens is 356 g/mol. The predicted octanol–water partition coefficient (Wildman–Crippen LogP) is 3.38. The molecule has 0 bridgehead atoms. The first-order valence-corrected chi connectivity index (χ1v) is 9.80. The maximum absolute atomic E-state index is 12.7. The number of carbonyl (C=O) groups excluding carboxylic acids is 1. The lowest BCUT2D eigenvalue weighted by atomic mass is 10.0. The number of hydrogen-bond acceptors (Lipinski definition) is 5. The first kappa shape index (κ1) is 18.6. The van der Waals surface area contributed by atoms with Gasteiger partial charge < -0.3 is 19.5 Å². The van der Waals surface area contributed by atoms with Crippen LogP contribution < -0.4 is 19.5 Å². The van der Waals surface area contributed by atoms with Crippen molar-refractivity contribution >= 4 is 5.91 Å². The SMILES string of the molecule is COc1ccc([C@H](CNC(=O)c2ccc3c(c2)OCO3)N2CCCCC2)cc1. The fraction of sp³-hybridized carbons (Fsp3) is 0.409. The number of likely N-dealkylation sites (tertiary alicyclic amines) is 1. The maximum atomic E-state index is 12.7. The number of nitrogens with one attached hydrogen (secondary N) is 1. The van der Waals surface area contributed by atoms with Crippen molar-refractivity contribution < 1.29 is 19.0 Å². The molecule has 4 rings (SSSR count). The van der Waals surface area contributed by atoms with Crippen molar-refractivity contribution in [1.29, 1.82) is 0 Å². The second-order valence-electron chi connectivity index (χ2n) is 7.16. The lowest BCUT2D eigenvalue weighted by molar-refractivity contribution is 0.0924. The molecule has 1 amide bonds. The highest BCUT2D eigenvalue weighted by atomic mass is 16.7. The molecule has 1 saturated heterocycles. The number of nitrogens with zero attached hydrogens (tertiary/aromatic N) is 1. The van der Waals surface area contributed by atoms with Gasteiger partial charge in [-0.1, -0.05) is 18.6 Å². The molecule has 6 heteroatoms. The second-order valence-corrected chi connectivity index (χ2v) is 7.16. The molecule has 28 heavy (non-hydrogen) atoms. The highest BCUT2D eigenvalue weighted by Crippen LogP contribution is 2.32. The van der Waals surface area contributed by atoms with Crippen molar-refractivity contribution in [2.24, 2.45) is 0 Å². The molecule has 1 atom stereocenters. The third-order valence-electron chi connectivity index (χ3n) is 5.42. The van der Waals surface area contributed by atoms with Crippen molar-refractivity contribution in [1.82, 2.24) is 10.2 Å². The van der Waals surface area contributed by atoms with Gasteiger partial charge in [0.15, 0.2) is 11.5 Å². The smallest absolute Gasteiger partial charge is 0.251 e. The molecule has 2 aromatic rings. The van der Waals surface area contributed by atoms with Crippen molar-refractivity contribution in [3.63, 3.8) is 0 Å². The molecule has 0 aliphatic carbocycles. The molecule has 2 heterocycles. The van der Waals surface area contributed by atoms with Crippen LogP contribution in [0.15, 0.2) is 42.5 Å². The maximum Gasteiger partial charge on any atom is 0.251 e. The lowest BCUT2D eigenvalue weighted by Crippen LogP contribution is -2.40. The van der Waals surface area contributed by atoms with E-state index in [-0.39, 0.29) is 18.7 Å². The van der Waals surface area contributed by atoms with Gasteiger partial charge in [0.25, 0.3) is 5.91 Å². The van der Waals surface area contributed by atoms with Crippen LogP contribution in [0.3, 0.4) is 0 Å². The minimum absolute atomic E-state index is 0.103. The van der Waals surface area contributed by atoms with E-state index in [2.05, 4.69) is 22.3 Å². The number of benzene rings is 2. The monoisotopic (exact) mass is 382 g/mol. The van der Waals surface area contributed by atoms with Gasteiger partial charge in [0.1, 0.15) is 5.75 Å². The Morgan fingerprint density at radius 2 is 1.82 bits per heavy atom. The number of fused-ring (bicyclic) bond motifs is 1. The van der Waals surface area contributed by atoms with Crippen LogP contribution in [0.1, 0.15) is 41.2 Å². The van der Waals surface area contributed by atoms with Gasteiger partial charge in [-0.25, -0.2) is 0 Å². The van der Waals surface area contributed by atoms with Gasteiger partial charge in [-0.15, -0.1) is 0 Å². The van der Waals surface area contributed by atoms with E-state index in [0.717, 1.165) is 18.8 Å². The number of amides is 1. The Morgan fingerprint density at radius 1 is 1.07 bits per heavy atom. The van der Waals surface area contributed by atoms with Crippen LogP contribution in [0.2, 0.25) is 0 Å². The summed E-state index contributed by atoms with van der Waals surface area (Å²) < 4.78 is 16.0. The third kappa shape index (κ3) is 4.07. The largest absolute Gasteiger partial charge is 0.497 e. The van der Waals surface area contributed by atoms with E-state index < -0.39 is 0 Å². The molecule has 2 aliphatic heterocycles. The number of ether oxygens (including phenoxy) is 3. The van der Waals surface area contributed by atoms with E-state index in [1.807, 2.05) is 12.1 Å². The number of methoxy groups -OCH3 is 1. The Bertz CT molecular complexity index is 816. The van der Waals surface area contributed by atoms with E-state index in [4.69, 9.17) is 14.2 Å². The minimum atomic E-state index is -0.103. The van der Waals surface area contributed by atoms with E-state index in [1.165, 1.54) is 24.8 Å². The van der Waals surface area contributed by atoms with Gasteiger partial charge in [-0.3, -0.25) is 9.69 Å². The summed E-state index contributed by atoms with van der Waals surface area (Å²) in [5, 5.41) is 3.11. The molecule has 2 aliphatic rings. The van der Waals surface area contributed by atoms with E-state index in [0.29, 0.717) is 23.6 Å². The molecule has 0 aromatic heterocycles. The Morgan fingerprint density at radius 3 is 2.57 bits per heavy atom. The minimum Gasteiger partial charge on any atom is -0.497 e. The third-order valence-corrected chi connectivity index (χ3v) is 5.42. The van der Waals surface area contributed by atoms with Crippen molar-refractivity contribution in [2.75, 3.05) is 33.5 Å². The first-order chi connectivity index (χ1) is 13.7. The van der Waals surface area contributed by atoms with E-state index >= 15 is 0 Å². The fourth-order valence-electron chi connectivity index (χ4n) is 3.84. The van der Waals surface area contributed by atoms with Crippen molar-refractivity contribution in [2.45, 2.75) is 25.3 Å². The van der Waals surface area contributed by atoms with E-state index in [9.17, 15) is 4.79 Å². The predicted molar refractivity (Wildman–Crippen MR) is 106 cm³/mol. The fourth-order valence-corrected chi connectivity index (χ4v) is 3.84. The Kier molecular flexibility index (Phi) is 5.67. The topological polar surface area (TPSA) is 60.0 Å². The zero-order valence-corrected chi connectivity index (χ0v) is 16.1. The van der Waals surface area contributed by atoms with Crippen LogP contribution in [0.5, 0.6) is 17.2 Å². The molecule has 2 aromatic carbocycles. The van der Waals surface area contributed by atoms with E-state index in [1.54, 1.807) is 25.3 Å². The summed E-state index contributed by atoms with van der Waals surface area (Å²) in [6.07, 6.45) is 3.67. The van der Waals surface area contributed by atoms with Crippen LogP contribution in [0.4, 0.5) is 0 Å². The molecule has 0 saturated carbocycles. The van der Waals surface area contributed by atoms with Crippen LogP contribution in [0, 0.1) is 0 Å². The molecule has 6 nitrogen and oxygen atoms in total. The molecule has 148 valence electrons. The van der Waals surface area contributed by atoms with Crippen LogP contribution in [-0.2, 0) is 0 Å². The molecule has 0 spiro atoms. The Labute approximate surface area is 165 Å². The zero-order valence-electron chi connectivity index (χ0n) is 16.1. The van der Waals surface area contributed by atoms with Gasteiger partial charge in [-0.05, 0) is 61.8 Å². The molecular formula is C22H26N2O4. The standard InChI is InChI=1S/C22H26N2O4/c1-26-18-8-5-16(6-9-18)19(24-11-3-2-4-12-24)14-23-22(25)17-7-10-20-21(13-17)28-15-27-20/h5-10,13,19H,2-4,11-12,14-15H2,1H3,(H,23,25)/t19-/m0/s1. The first-order valence-electron chi connectivity index (χ1n) is 9.80. The zero-order chi connectivity index (χ0) is 19.3. The summed E-state index contributed by atoms with van der Waals surface area (Å²) in [7, 11) is 1.67. The molecule has 1 fully saturated rings. The van der Waals surface area contributed by atoms with Crippen LogP contribution in [0.25, 0.3) is 0 Å². The second kappa shape index (κ2) is 8.52. The summed E-state index contributed by atoms with van der Waals surface area (Å²) >= 11 is 0. The van der Waals surface area contributed by atoms with Gasteiger partial charge in [0.05, 0.1) is 13.2 Å². The highest BCUT2D eigenvalue weighted by molar-refractivity contribution is 5.95. The summed E-state index contributed by atoms with van der Waals surface area (Å²) in [5.74, 6) is 2.04. The summed E-state index contributed by atoms with van der Waals surface area (Å²) in [5.41, 5.74) is 1.77. The summed E-state index contributed by atoms with van der Waals surface area (Å²) in [4.78, 5) is 15.2. The summed E-state index contributed by atoms with van der Waals surface area (Å²) in [6.45, 7) is 2.86. The molecule has 0 radical (unpaired) electrons. The van der Waals surface area contributed by atoms with Crippen LogP contribution >= 0.6 is 0 Å². The van der Waals surface area contributed by atoms with Crippen molar-refractivity contribution in [3.05, 3.63) is 53.6 Å². The summed E-state index contributed by atoms with van der Waals surface area (Å²) in [6, 6.07) is 13.6. The van der Waals surface area contributed by atoms with Gasteiger partial charge in [0.2, 0.25) is 6.79 Å². The molecule has 0 unspecified atom stereocenters. The quantitative estimate of drug-likeness (QED) is 0.830. The lowest BCUT2D eigenvalue weighted by Gasteiger charge is -2.35. The number of rotatable bonds is 6. The normalized spacial score (nSPS) is 17.2. The molecule has 1 N–H and O–H groups in total. The average molecular weight is 382 g/mol. The number of piperidine rings is 1. The van der Waals surface area contributed by atoms with Gasteiger partial charge in [0, 0.05) is 12.1 Å². The average Bonchev–Trinajstić information content (AvgIpc) is 3.23. The number of carbonyl (C=O) groups is 1. The number of hydrogen-bond donors (Lipinski definition) is 1. The highest BCUT2D eigenvalue weighted by Gasteiger charge is 2.24.